The van der Waals surface area contributed by atoms with Crippen molar-refractivity contribution in [2.24, 2.45) is 0 Å². The summed E-state index contributed by atoms with van der Waals surface area (Å²) in [6.07, 6.45) is 1.58. The smallest absolute Gasteiger partial charge is 0.270 e. The molecule has 0 atom stereocenters. The van der Waals surface area contributed by atoms with Crippen molar-refractivity contribution < 1.29 is 9.21 Å². The van der Waals surface area contributed by atoms with Crippen molar-refractivity contribution >= 4 is 11.9 Å². The number of aryl methyl sites for hydroxylation is 1. The van der Waals surface area contributed by atoms with Crippen LogP contribution in [0.2, 0.25) is 0 Å². The average Bonchev–Trinajstić information content (AvgIpc) is 3.13. The van der Waals surface area contributed by atoms with E-state index in [4.69, 9.17) is 4.42 Å². The average molecular weight is 336 g/mol. The molecule has 6 heteroatoms. The van der Waals surface area contributed by atoms with E-state index in [2.05, 4.69) is 15.3 Å². The van der Waals surface area contributed by atoms with Gasteiger partial charge < -0.3 is 14.6 Å². The second-order valence-electron chi connectivity index (χ2n) is 5.80. The van der Waals surface area contributed by atoms with Crippen molar-refractivity contribution in [2.75, 3.05) is 11.9 Å². The van der Waals surface area contributed by atoms with Crippen molar-refractivity contribution in [3.8, 4) is 0 Å². The summed E-state index contributed by atoms with van der Waals surface area (Å²) >= 11 is 0. The van der Waals surface area contributed by atoms with Gasteiger partial charge in [0.25, 0.3) is 5.91 Å². The number of nitrogens with one attached hydrogen (secondary N) is 1. The molecule has 0 saturated carbocycles. The second kappa shape index (κ2) is 7.61. The zero-order chi connectivity index (χ0) is 17.6. The van der Waals surface area contributed by atoms with Crippen molar-refractivity contribution in [3.05, 3.63) is 77.5 Å². The molecule has 6 nitrogen and oxygen atoms in total. The molecule has 2 heterocycles. The van der Waals surface area contributed by atoms with Gasteiger partial charge in [-0.05, 0) is 30.7 Å². The molecule has 1 aromatic carbocycles. The highest BCUT2D eigenvalue weighted by molar-refractivity contribution is 5.92. The summed E-state index contributed by atoms with van der Waals surface area (Å²) < 4.78 is 5.22. The maximum atomic E-state index is 12.4. The van der Waals surface area contributed by atoms with Gasteiger partial charge in [0.15, 0.2) is 0 Å². The van der Waals surface area contributed by atoms with E-state index >= 15 is 0 Å². The van der Waals surface area contributed by atoms with Crippen LogP contribution in [0.1, 0.15) is 27.5 Å². The molecule has 0 aliphatic rings. The van der Waals surface area contributed by atoms with Crippen LogP contribution in [0.3, 0.4) is 0 Å². The molecule has 0 spiro atoms. The van der Waals surface area contributed by atoms with Gasteiger partial charge in [0.2, 0.25) is 5.95 Å². The molecule has 128 valence electrons. The van der Waals surface area contributed by atoms with Gasteiger partial charge in [0.05, 0.1) is 12.8 Å². The Bertz CT molecular complexity index is 832. The van der Waals surface area contributed by atoms with Crippen LogP contribution in [0.25, 0.3) is 0 Å². The highest BCUT2D eigenvalue weighted by atomic mass is 16.3. The largest absolute Gasteiger partial charge is 0.467 e. The molecule has 3 rings (SSSR count). The van der Waals surface area contributed by atoms with Crippen LogP contribution < -0.4 is 10.2 Å². The van der Waals surface area contributed by atoms with Gasteiger partial charge in [-0.3, -0.25) is 4.79 Å². The Morgan fingerprint density at radius 2 is 1.96 bits per heavy atom. The normalized spacial score (nSPS) is 10.5. The highest BCUT2D eigenvalue weighted by Crippen LogP contribution is 2.13. The fraction of sp³-hybridized carbons (Fsp3) is 0.211. The number of amides is 1. The van der Waals surface area contributed by atoms with Crippen LogP contribution in [0.15, 0.2) is 59.2 Å². The summed E-state index contributed by atoms with van der Waals surface area (Å²) in [4.78, 5) is 23.1. The lowest BCUT2D eigenvalue weighted by molar-refractivity contribution is 0.0943. The van der Waals surface area contributed by atoms with Gasteiger partial charge in [-0.15, -0.1) is 0 Å². The molecule has 25 heavy (non-hydrogen) atoms. The standard InChI is InChI=1S/C19H20N4O2/c1-14-11-17(18(24)20-12-16-9-6-10-25-16)22-19(21-14)23(2)13-15-7-4-3-5-8-15/h3-11H,12-13H2,1-2H3,(H,20,24). The summed E-state index contributed by atoms with van der Waals surface area (Å²) in [6.45, 7) is 2.84. The minimum atomic E-state index is -0.253. The predicted octanol–water partition coefficient (Wildman–Crippen LogP) is 2.94. The molecule has 1 amide bonds. The maximum absolute atomic E-state index is 12.4. The lowest BCUT2D eigenvalue weighted by Gasteiger charge is -2.18. The number of carbonyl (C=O) groups excluding carboxylic acids is 1. The summed E-state index contributed by atoms with van der Waals surface area (Å²) in [6, 6.07) is 15.3. The SMILES string of the molecule is Cc1cc(C(=O)NCc2ccco2)nc(N(C)Cc2ccccc2)n1. The lowest BCUT2D eigenvalue weighted by atomic mass is 10.2. The first-order valence-electron chi connectivity index (χ1n) is 8.03. The summed E-state index contributed by atoms with van der Waals surface area (Å²) in [5.74, 6) is 0.962. The number of hydrogen-bond donors (Lipinski definition) is 1. The number of nitrogens with zero attached hydrogens (tertiary/aromatic N) is 3. The maximum Gasteiger partial charge on any atom is 0.270 e. The third kappa shape index (κ3) is 4.44. The van der Waals surface area contributed by atoms with Crippen molar-refractivity contribution in [3.63, 3.8) is 0 Å². The molecule has 0 radical (unpaired) electrons. The molecular formula is C19H20N4O2. The van der Waals surface area contributed by atoms with Crippen molar-refractivity contribution in [2.45, 2.75) is 20.0 Å². The van der Waals surface area contributed by atoms with E-state index < -0.39 is 0 Å². The first kappa shape index (κ1) is 16.7. The Kier molecular flexibility index (Phi) is 5.09. The van der Waals surface area contributed by atoms with Gasteiger partial charge in [-0.2, -0.15) is 0 Å². The van der Waals surface area contributed by atoms with E-state index in [1.165, 1.54) is 0 Å². The molecule has 0 fully saturated rings. The van der Waals surface area contributed by atoms with Crippen LogP contribution in [0.4, 0.5) is 5.95 Å². The van der Waals surface area contributed by atoms with Crippen LogP contribution in [0.5, 0.6) is 0 Å². The van der Waals surface area contributed by atoms with Gasteiger partial charge in [-0.25, -0.2) is 9.97 Å². The van der Waals surface area contributed by atoms with Crippen molar-refractivity contribution in [1.82, 2.24) is 15.3 Å². The molecule has 0 aliphatic heterocycles. The Morgan fingerprint density at radius 1 is 1.16 bits per heavy atom. The van der Waals surface area contributed by atoms with E-state index in [0.29, 0.717) is 30.5 Å². The molecule has 1 N–H and O–H groups in total. The molecule has 0 aliphatic carbocycles. The van der Waals surface area contributed by atoms with Crippen LogP contribution in [-0.4, -0.2) is 22.9 Å². The Labute approximate surface area is 146 Å². The van der Waals surface area contributed by atoms with Gasteiger partial charge in [-0.1, -0.05) is 30.3 Å². The van der Waals surface area contributed by atoms with Crippen LogP contribution in [0, 0.1) is 6.92 Å². The molecule has 0 bridgehead atoms. The predicted molar refractivity (Wildman–Crippen MR) is 95.2 cm³/mol. The number of benzene rings is 1. The van der Waals surface area contributed by atoms with Gasteiger partial charge in [0, 0.05) is 19.3 Å². The second-order valence-corrected chi connectivity index (χ2v) is 5.80. The van der Waals surface area contributed by atoms with Crippen LogP contribution >= 0.6 is 0 Å². The summed E-state index contributed by atoms with van der Waals surface area (Å²) in [5, 5.41) is 2.80. The monoisotopic (exact) mass is 336 g/mol. The van der Waals surface area contributed by atoms with E-state index in [1.54, 1.807) is 18.4 Å². The van der Waals surface area contributed by atoms with Gasteiger partial charge in [0.1, 0.15) is 11.5 Å². The van der Waals surface area contributed by atoms with Crippen molar-refractivity contribution in [1.29, 1.82) is 0 Å². The quantitative estimate of drug-likeness (QED) is 0.749. The zero-order valence-electron chi connectivity index (χ0n) is 14.3. The minimum absolute atomic E-state index is 0.253. The number of carbonyl (C=O) groups is 1. The Morgan fingerprint density at radius 3 is 2.68 bits per heavy atom. The molecule has 0 unspecified atom stereocenters. The molecule has 3 aromatic rings. The minimum Gasteiger partial charge on any atom is -0.467 e. The molecule has 0 saturated heterocycles. The zero-order valence-corrected chi connectivity index (χ0v) is 14.3. The number of furan rings is 1. The highest BCUT2D eigenvalue weighted by Gasteiger charge is 2.13. The third-order valence-corrected chi connectivity index (χ3v) is 3.68. The summed E-state index contributed by atoms with van der Waals surface area (Å²) in [7, 11) is 1.91. The third-order valence-electron chi connectivity index (χ3n) is 3.68. The molecule has 2 aromatic heterocycles. The Balaban J connectivity index is 1.72. The first-order chi connectivity index (χ1) is 12.1. The number of aromatic nitrogens is 2. The van der Waals surface area contributed by atoms with E-state index in [0.717, 1.165) is 11.3 Å². The number of anilines is 1. The first-order valence-corrected chi connectivity index (χ1v) is 8.03. The number of hydrogen-bond acceptors (Lipinski definition) is 5. The Hall–Kier alpha value is -3.15. The fourth-order valence-electron chi connectivity index (χ4n) is 2.44. The number of rotatable bonds is 6. The topological polar surface area (TPSA) is 71.3 Å². The molecular weight excluding hydrogens is 316 g/mol. The van der Waals surface area contributed by atoms with E-state index in [-0.39, 0.29) is 5.91 Å². The van der Waals surface area contributed by atoms with E-state index in [9.17, 15) is 4.79 Å². The summed E-state index contributed by atoms with van der Waals surface area (Å²) in [5.41, 5.74) is 2.24. The van der Waals surface area contributed by atoms with Gasteiger partial charge >= 0.3 is 0 Å². The van der Waals surface area contributed by atoms with E-state index in [1.807, 2.05) is 55.3 Å². The fourth-order valence-corrected chi connectivity index (χ4v) is 2.44. The van der Waals surface area contributed by atoms with Crippen LogP contribution in [-0.2, 0) is 13.1 Å². The lowest BCUT2D eigenvalue weighted by Crippen LogP contribution is -2.26.